The number of hydrogen-bond donors (Lipinski definition) is 2. The molecule has 0 saturated carbocycles. The summed E-state index contributed by atoms with van der Waals surface area (Å²) < 4.78 is 31.9. The number of anilines is 2. The van der Waals surface area contributed by atoms with E-state index >= 15 is 0 Å². The Hall–Kier alpha value is -2.21. The van der Waals surface area contributed by atoms with Gasteiger partial charge in [-0.25, -0.2) is 8.42 Å². The van der Waals surface area contributed by atoms with Gasteiger partial charge in [0.1, 0.15) is 5.75 Å². The number of hydrogen-bond acceptors (Lipinski definition) is 4. The second-order valence-electron chi connectivity index (χ2n) is 3.87. The summed E-state index contributed by atoms with van der Waals surface area (Å²) in [6.07, 6.45) is 0. The number of nitrogen functional groups attached to an aromatic ring is 1. The molecule has 3 N–H and O–H groups in total. The smallest absolute Gasteiger partial charge is 0.262 e. The van der Waals surface area contributed by atoms with Gasteiger partial charge in [-0.05, 0) is 24.3 Å². The van der Waals surface area contributed by atoms with E-state index in [-0.39, 0.29) is 4.90 Å². The lowest BCUT2D eigenvalue weighted by atomic mass is 10.3. The lowest BCUT2D eigenvalue weighted by Gasteiger charge is -2.10. The second-order valence-corrected chi connectivity index (χ2v) is 5.55. The van der Waals surface area contributed by atoms with Crippen LogP contribution in [-0.4, -0.2) is 15.5 Å². The normalized spacial score (nSPS) is 11.0. The van der Waals surface area contributed by atoms with Crippen LogP contribution in [0.15, 0.2) is 53.4 Å². The quantitative estimate of drug-likeness (QED) is 0.839. The molecule has 0 atom stereocenters. The molecule has 2 rings (SSSR count). The van der Waals surface area contributed by atoms with Gasteiger partial charge in [0, 0.05) is 6.07 Å². The molecular formula is C13H14N2O3S. The molecule has 19 heavy (non-hydrogen) atoms. The van der Waals surface area contributed by atoms with Crippen molar-refractivity contribution >= 4 is 21.4 Å². The fourth-order valence-corrected chi connectivity index (χ4v) is 2.68. The van der Waals surface area contributed by atoms with Crippen LogP contribution in [0.25, 0.3) is 0 Å². The Balaban J connectivity index is 2.35. The van der Waals surface area contributed by atoms with Crippen LogP contribution in [0.3, 0.4) is 0 Å². The maximum atomic E-state index is 12.2. The van der Waals surface area contributed by atoms with E-state index in [0.717, 1.165) is 0 Å². The molecule has 0 aliphatic carbocycles. The predicted octanol–water partition coefficient (Wildman–Crippen LogP) is 2.08. The number of rotatable bonds is 4. The van der Waals surface area contributed by atoms with Gasteiger partial charge in [-0.1, -0.05) is 18.2 Å². The number of sulfonamides is 1. The van der Waals surface area contributed by atoms with Gasteiger partial charge in [-0.2, -0.15) is 0 Å². The molecule has 2 aromatic carbocycles. The zero-order valence-electron chi connectivity index (χ0n) is 10.3. The van der Waals surface area contributed by atoms with Gasteiger partial charge in [0.15, 0.2) is 0 Å². The fraction of sp³-hybridized carbons (Fsp3) is 0.0769. The van der Waals surface area contributed by atoms with E-state index in [1.807, 2.05) is 0 Å². The monoisotopic (exact) mass is 278 g/mol. The van der Waals surface area contributed by atoms with Gasteiger partial charge in [0.2, 0.25) is 0 Å². The van der Waals surface area contributed by atoms with E-state index < -0.39 is 10.0 Å². The first kappa shape index (κ1) is 13.2. The van der Waals surface area contributed by atoms with Gasteiger partial charge in [-0.3, -0.25) is 4.72 Å². The average Bonchev–Trinajstić information content (AvgIpc) is 2.41. The first-order valence-electron chi connectivity index (χ1n) is 5.54. The zero-order chi connectivity index (χ0) is 13.9. The molecule has 0 amide bonds. The third kappa shape index (κ3) is 2.97. The Kier molecular flexibility index (Phi) is 3.62. The van der Waals surface area contributed by atoms with Crippen molar-refractivity contribution in [2.24, 2.45) is 0 Å². The maximum absolute atomic E-state index is 12.2. The highest BCUT2D eigenvalue weighted by molar-refractivity contribution is 7.92. The maximum Gasteiger partial charge on any atom is 0.262 e. The summed E-state index contributed by atoms with van der Waals surface area (Å²) in [5.41, 5.74) is 6.43. The molecule has 100 valence electrons. The molecule has 2 aromatic rings. The van der Waals surface area contributed by atoms with E-state index in [0.29, 0.717) is 17.1 Å². The molecule has 5 nitrogen and oxygen atoms in total. The molecule has 0 heterocycles. The highest BCUT2D eigenvalue weighted by Crippen LogP contribution is 2.23. The van der Waals surface area contributed by atoms with Gasteiger partial charge in [-0.15, -0.1) is 0 Å². The summed E-state index contributed by atoms with van der Waals surface area (Å²) in [5.74, 6) is 0.476. The molecule has 0 aliphatic rings. The predicted molar refractivity (Wildman–Crippen MR) is 74.7 cm³/mol. The van der Waals surface area contributed by atoms with Crippen LogP contribution in [-0.2, 0) is 10.0 Å². The Labute approximate surface area is 112 Å². The van der Waals surface area contributed by atoms with E-state index in [1.165, 1.54) is 19.2 Å². The SMILES string of the molecule is COc1cccc(S(=O)(=O)Nc2ccccc2N)c1. The summed E-state index contributed by atoms with van der Waals surface area (Å²) in [5, 5.41) is 0. The minimum absolute atomic E-state index is 0.120. The van der Waals surface area contributed by atoms with Crippen LogP contribution in [0.5, 0.6) is 5.75 Å². The van der Waals surface area contributed by atoms with Crippen molar-refractivity contribution < 1.29 is 13.2 Å². The summed E-state index contributed by atoms with van der Waals surface area (Å²) in [7, 11) is -2.20. The Morgan fingerprint density at radius 3 is 2.53 bits per heavy atom. The van der Waals surface area contributed by atoms with Crippen molar-refractivity contribution in [2.75, 3.05) is 17.6 Å². The summed E-state index contributed by atoms with van der Waals surface area (Å²) >= 11 is 0. The number of ether oxygens (including phenoxy) is 1. The van der Waals surface area contributed by atoms with E-state index in [1.54, 1.807) is 36.4 Å². The Morgan fingerprint density at radius 1 is 1.11 bits per heavy atom. The lowest BCUT2D eigenvalue weighted by molar-refractivity contribution is 0.413. The molecule has 0 spiro atoms. The molecule has 0 bridgehead atoms. The van der Waals surface area contributed by atoms with Crippen molar-refractivity contribution in [3.8, 4) is 5.75 Å². The number of para-hydroxylation sites is 2. The standard InChI is InChI=1S/C13H14N2O3S/c1-18-10-5-4-6-11(9-10)19(16,17)15-13-8-3-2-7-12(13)14/h2-9,15H,14H2,1H3. The topological polar surface area (TPSA) is 81.4 Å². The summed E-state index contributed by atoms with van der Waals surface area (Å²) in [6, 6.07) is 12.9. The molecule has 0 radical (unpaired) electrons. The first-order valence-corrected chi connectivity index (χ1v) is 7.02. The zero-order valence-corrected chi connectivity index (χ0v) is 11.1. The molecule has 0 aliphatic heterocycles. The summed E-state index contributed by atoms with van der Waals surface area (Å²) in [6.45, 7) is 0. The van der Waals surface area contributed by atoms with Crippen LogP contribution in [0.4, 0.5) is 11.4 Å². The highest BCUT2D eigenvalue weighted by atomic mass is 32.2. The lowest BCUT2D eigenvalue weighted by Crippen LogP contribution is -2.14. The average molecular weight is 278 g/mol. The first-order chi connectivity index (χ1) is 9.03. The molecule has 0 unspecified atom stereocenters. The second kappa shape index (κ2) is 5.19. The van der Waals surface area contributed by atoms with Crippen molar-refractivity contribution in [3.63, 3.8) is 0 Å². The largest absolute Gasteiger partial charge is 0.497 e. The molecule has 0 saturated heterocycles. The van der Waals surface area contributed by atoms with Crippen molar-refractivity contribution in [3.05, 3.63) is 48.5 Å². The van der Waals surface area contributed by atoms with Crippen molar-refractivity contribution in [1.82, 2.24) is 0 Å². The van der Waals surface area contributed by atoms with Crippen molar-refractivity contribution in [1.29, 1.82) is 0 Å². The highest BCUT2D eigenvalue weighted by Gasteiger charge is 2.15. The van der Waals surface area contributed by atoms with Gasteiger partial charge in [0.05, 0.1) is 23.4 Å². The number of nitrogens with two attached hydrogens (primary N) is 1. The van der Waals surface area contributed by atoms with E-state index in [9.17, 15) is 8.42 Å². The third-order valence-corrected chi connectivity index (χ3v) is 3.92. The molecular weight excluding hydrogens is 264 g/mol. The van der Waals surface area contributed by atoms with Gasteiger partial charge in [0.25, 0.3) is 10.0 Å². The molecule has 6 heteroatoms. The van der Waals surface area contributed by atoms with Crippen LogP contribution in [0, 0.1) is 0 Å². The van der Waals surface area contributed by atoms with Crippen LogP contribution in [0.1, 0.15) is 0 Å². The minimum Gasteiger partial charge on any atom is -0.497 e. The van der Waals surface area contributed by atoms with Crippen molar-refractivity contribution in [2.45, 2.75) is 4.90 Å². The number of nitrogens with one attached hydrogen (secondary N) is 1. The number of benzene rings is 2. The van der Waals surface area contributed by atoms with Crippen LogP contribution in [0.2, 0.25) is 0 Å². The minimum atomic E-state index is -3.68. The van der Waals surface area contributed by atoms with Gasteiger partial charge >= 0.3 is 0 Å². The number of methoxy groups -OCH3 is 1. The molecule has 0 aromatic heterocycles. The third-order valence-electron chi connectivity index (χ3n) is 2.56. The van der Waals surface area contributed by atoms with Gasteiger partial charge < -0.3 is 10.5 Å². The Morgan fingerprint density at radius 2 is 1.84 bits per heavy atom. The van der Waals surface area contributed by atoms with Crippen LogP contribution < -0.4 is 15.2 Å². The van der Waals surface area contributed by atoms with E-state index in [4.69, 9.17) is 10.5 Å². The summed E-state index contributed by atoms with van der Waals surface area (Å²) in [4.78, 5) is 0.120. The molecule has 0 fully saturated rings. The Bertz CT molecular complexity index is 684. The van der Waals surface area contributed by atoms with E-state index in [2.05, 4.69) is 4.72 Å². The van der Waals surface area contributed by atoms with Crippen LogP contribution >= 0.6 is 0 Å². The fourth-order valence-electron chi connectivity index (χ4n) is 1.56.